The normalized spacial score (nSPS) is 18.3. The highest BCUT2D eigenvalue weighted by Crippen LogP contribution is 2.41. The maximum atomic E-state index is 14.1. The van der Waals surface area contributed by atoms with Gasteiger partial charge in [-0.1, -0.05) is 103 Å². The lowest BCUT2D eigenvalue weighted by molar-refractivity contribution is -0.167. The number of methoxy groups -OCH3 is 1. The smallest absolute Gasteiger partial charge is 0.337 e. The molecule has 2 aliphatic rings. The summed E-state index contributed by atoms with van der Waals surface area (Å²) >= 11 is 1.17. The van der Waals surface area contributed by atoms with Gasteiger partial charge in [0, 0.05) is 0 Å². The first kappa shape index (κ1) is 31.6. The van der Waals surface area contributed by atoms with Gasteiger partial charge in [0.25, 0.3) is 0 Å². The Labute approximate surface area is 276 Å². The molecule has 0 bridgehead atoms. The Balaban J connectivity index is 1.25. The number of amides is 2. The van der Waals surface area contributed by atoms with Gasteiger partial charge in [0.2, 0.25) is 11.8 Å². The predicted octanol–water partition coefficient (Wildman–Crippen LogP) is 4.97. The van der Waals surface area contributed by atoms with Crippen LogP contribution in [0.4, 0.5) is 0 Å². The fourth-order valence-corrected chi connectivity index (χ4v) is 6.73. The molecule has 0 spiro atoms. The van der Waals surface area contributed by atoms with Crippen LogP contribution in [0.25, 0.3) is 0 Å². The third kappa shape index (κ3) is 7.07. The second kappa shape index (κ2) is 14.4. The molecule has 0 radical (unpaired) electrons. The summed E-state index contributed by atoms with van der Waals surface area (Å²) in [6.45, 7) is -0.0567. The van der Waals surface area contributed by atoms with E-state index in [0.717, 1.165) is 22.3 Å². The van der Waals surface area contributed by atoms with Crippen molar-refractivity contribution in [3.63, 3.8) is 0 Å². The number of fused-ring (bicyclic) bond motifs is 1. The highest BCUT2D eigenvalue weighted by molar-refractivity contribution is 8.03. The van der Waals surface area contributed by atoms with E-state index in [9.17, 15) is 19.2 Å². The van der Waals surface area contributed by atoms with E-state index in [1.165, 1.54) is 22.1 Å². The summed E-state index contributed by atoms with van der Waals surface area (Å²) < 4.78 is 16.9. The zero-order chi connectivity index (χ0) is 32.8. The molecule has 0 aromatic heterocycles. The lowest BCUT2D eigenvalue weighted by Gasteiger charge is -2.51. The third-order valence-corrected chi connectivity index (χ3v) is 9.11. The monoisotopic (exact) mass is 648 g/mol. The average Bonchev–Trinajstić information content (AvgIpc) is 3.12. The number of nitrogens with zero attached hydrogens (tertiary/aromatic N) is 1. The Morgan fingerprint density at radius 3 is 2.00 bits per heavy atom. The molecule has 2 aliphatic heterocycles. The van der Waals surface area contributed by atoms with Crippen LogP contribution in [0, 0.1) is 0 Å². The van der Waals surface area contributed by atoms with Crippen molar-refractivity contribution in [3.05, 3.63) is 148 Å². The van der Waals surface area contributed by atoms with Crippen LogP contribution < -0.4 is 10.1 Å². The van der Waals surface area contributed by atoms with Gasteiger partial charge >= 0.3 is 11.9 Å². The van der Waals surface area contributed by atoms with Crippen molar-refractivity contribution >= 4 is 35.5 Å². The van der Waals surface area contributed by atoms with Gasteiger partial charge in [0.1, 0.15) is 23.8 Å². The Hall–Kier alpha value is -5.35. The predicted molar refractivity (Wildman–Crippen MR) is 176 cm³/mol. The number of benzene rings is 4. The SMILES string of the molecule is COc1ccc(COC(=O)C2=CS[C@@H]3C(NC(=O)Cc4ccccc4)C(=O)N3C2C(=O)OC(c2ccccc2)c2ccccc2)cc1. The lowest BCUT2D eigenvalue weighted by Crippen LogP contribution is -2.74. The number of ether oxygens (including phenoxy) is 3. The fraction of sp³-hybridized carbons (Fsp3) is 0.189. The van der Waals surface area contributed by atoms with Gasteiger partial charge in [0.15, 0.2) is 12.1 Å². The van der Waals surface area contributed by atoms with Gasteiger partial charge in [-0.2, -0.15) is 0 Å². The molecule has 238 valence electrons. The van der Waals surface area contributed by atoms with Crippen molar-refractivity contribution in [2.24, 2.45) is 0 Å². The molecular formula is C37H32N2O7S. The summed E-state index contributed by atoms with van der Waals surface area (Å²) in [6.07, 6.45) is -0.700. The number of β-lactam (4-membered cyclic amide) rings is 1. The van der Waals surface area contributed by atoms with Crippen LogP contribution in [0.3, 0.4) is 0 Å². The summed E-state index contributed by atoms with van der Waals surface area (Å²) in [4.78, 5) is 55.5. The summed E-state index contributed by atoms with van der Waals surface area (Å²) in [5.74, 6) is -1.70. The molecule has 9 nitrogen and oxygen atoms in total. The third-order valence-electron chi connectivity index (χ3n) is 7.94. The van der Waals surface area contributed by atoms with Crippen LogP contribution >= 0.6 is 11.8 Å². The molecule has 1 fully saturated rings. The topological polar surface area (TPSA) is 111 Å². The Morgan fingerprint density at radius 2 is 1.40 bits per heavy atom. The molecule has 4 aromatic carbocycles. The first-order valence-electron chi connectivity index (χ1n) is 15.0. The second-order valence-electron chi connectivity index (χ2n) is 11.0. The number of hydrogen-bond donors (Lipinski definition) is 1. The molecule has 3 atom stereocenters. The van der Waals surface area contributed by atoms with Crippen LogP contribution in [-0.4, -0.2) is 53.2 Å². The largest absolute Gasteiger partial charge is 0.497 e. The van der Waals surface area contributed by atoms with Crippen LogP contribution in [0.15, 0.2) is 126 Å². The summed E-state index contributed by atoms with van der Waals surface area (Å²) in [5.41, 5.74) is 2.95. The van der Waals surface area contributed by atoms with Crippen molar-refractivity contribution in [3.8, 4) is 5.75 Å². The molecule has 4 aromatic rings. The van der Waals surface area contributed by atoms with Crippen LogP contribution in [0.2, 0.25) is 0 Å². The fourth-order valence-electron chi connectivity index (χ4n) is 5.52. The minimum absolute atomic E-state index is 0.0213. The average molecular weight is 649 g/mol. The van der Waals surface area contributed by atoms with Crippen molar-refractivity contribution in [1.82, 2.24) is 10.2 Å². The maximum Gasteiger partial charge on any atom is 0.337 e. The molecule has 2 unspecified atom stereocenters. The molecule has 1 saturated heterocycles. The number of thioether (sulfide) groups is 1. The minimum Gasteiger partial charge on any atom is -0.497 e. The summed E-state index contributed by atoms with van der Waals surface area (Å²) in [5, 5.41) is 3.72. The Kier molecular flexibility index (Phi) is 9.68. The van der Waals surface area contributed by atoms with Gasteiger partial charge in [-0.3, -0.25) is 9.59 Å². The van der Waals surface area contributed by atoms with E-state index in [0.29, 0.717) is 5.75 Å². The van der Waals surface area contributed by atoms with E-state index in [4.69, 9.17) is 14.2 Å². The first-order chi connectivity index (χ1) is 22.9. The van der Waals surface area contributed by atoms with Crippen molar-refractivity contribution in [2.75, 3.05) is 7.11 Å². The molecule has 6 rings (SSSR count). The highest BCUT2D eigenvalue weighted by Gasteiger charge is 2.57. The van der Waals surface area contributed by atoms with E-state index in [1.807, 2.05) is 91.0 Å². The molecule has 2 amide bonds. The number of hydrogen-bond acceptors (Lipinski definition) is 8. The van der Waals surface area contributed by atoms with E-state index >= 15 is 0 Å². The molecule has 47 heavy (non-hydrogen) atoms. The Morgan fingerprint density at radius 1 is 0.809 bits per heavy atom. The zero-order valence-corrected chi connectivity index (χ0v) is 26.3. The quantitative estimate of drug-likeness (QED) is 0.179. The number of rotatable bonds is 11. The van der Waals surface area contributed by atoms with Gasteiger partial charge in [-0.05, 0) is 39.8 Å². The van der Waals surface area contributed by atoms with Crippen molar-refractivity contribution in [2.45, 2.75) is 36.6 Å². The number of esters is 2. The minimum atomic E-state index is -1.38. The maximum absolute atomic E-state index is 14.1. The first-order valence-corrected chi connectivity index (χ1v) is 16.0. The Bertz CT molecular complexity index is 1730. The van der Waals surface area contributed by atoms with Gasteiger partial charge in [-0.25, -0.2) is 9.59 Å². The number of carbonyl (C=O) groups is 4. The zero-order valence-electron chi connectivity index (χ0n) is 25.5. The van der Waals surface area contributed by atoms with Crippen LogP contribution in [-0.2, 0) is 41.7 Å². The molecule has 1 N–H and O–H groups in total. The van der Waals surface area contributed by atoms with Crippen LogP contribution in [0.1, 0.15) is 28.4 Å². The lowest BCUT2D eigenvalue weighted by atomic mass is 9.97. The van der Waals surface area contributed by atoms with Gasteiger partial charge < -0.3 is 24.4 Å². The molecule has 10 heteroatoms. The highest BCUT2D eigenvalue weighted by atomic mass is 32.2. The molecule has 0 saturated carbocycles. The molecular weight excluding hydrogens is 616 g/mol. The number of nitrogens with one attached hydrogen (secondary N) is 1. The number of carbonyl (C=O) groups excluding carboxylic acids is 4. The van der Waals surface area contributed by atoms with E-state index < -0.39 is 41.4 Å². The summed E-state index contributed by atoms with van der Waals surface area (Å²) in [7, 11) is 1.56. The van der Waals surface area contributed by atoms with Crippen molar-refractivity contribution < 1.29 is 33.4 Å². The van der Waals surface area contributed by atoms with E-state index in [1.54, 1.807) is 31.4 Å². The van der Waals surface area contributed by atoms with Crippen LogP contribution in [0.5, 0.6) is 5.75 Å². The van der Waals surface area contributed by atoms with Gasteiger partial charge in [0.05, 0.1) is 19.1 Å². The second-order valence-corrected chi connectivity index (χ2v) is 12.0. The van der Waals surface area contributed by atoms with E-state index in [-0.39, 0.29) is 24.5 Å². The molecule has 2 heterocycles. The molecule has 0 aliphatic carbocycles. The summed E-state index contributed by atoms with van der Waals surface area (Å²) in [6, 6.07) is 32.5. The van der Waals surface area contributed by atoms with Gasteiger partial charge in [-0.15, -0.1) is 11.8 Å². The van der Waals surface area contributed by atoms with E-state index in [2.05, 4.69) is 5.32 Å². The standard InChI is InChI=1S/C37H32N2O7S/c1-44-28-19-17-25(18-20-28)22-45-36(42)29-23-47-35-31(38-30(40)21-24-11-5-2-6-12-24)34(41)39(35)32(29)37(43)46-33(26-13-7-3-8-14-26)27-15-9-4-10-16-27/h2-20,23,31-33,35H,21-22H2,1H3,(H,38,40)/t31?,32?,35-/m1/s1. The van der Waals surface area contributed by atoms with Crippen molar-refractivity contribution in [1.29, 1.82) is 0 Å².